The SMILES string of the molecule is CS(=O)(=O)c1ccc(C2=C(c3cccc(F)c3)Cc3ccccc3O2)cc1.S=C1C=COC1. The van der Waals surface area contributed by atoms with E-state index in [0.717, 1.165) is 32.9 Å². The molecule has 2 aliphatic rings. The van der Waals surface area contributed by atoms with Gasteiger partial charge in [0.05, 0.1) is 16.0 Å². The first kappa shape index (κ1) is 22.9. The van der Waals surface area contributed by atoms with Crippen molar-refractivity contribution in [3.05, 3.63) is 108 Å². The molecule has 2 aliphatic heterocycles. The molecule has 3 aromatic rings. The molecular formula is C26H21FO4S2. The molecule has 4 nitrogen and oxygen atoms in total. The van der Waals surface area contributed by atoms with Crippen molar-refractivity contribution in [1.29, 1.82) is 0 Å². The van der Waals surface area contributed by atoms with Gasteiger partial charge in [0.25, 0.3) is 0 Å². The van der Waals surface area contributed by atoms with Gasteiger partial charge in [-0.3, -0.25) is 0 Å². The first-order valence-electron chi connectivity index (χ1n) is 10.2. The Morgan fingerprint density at radius 3 is 2.30 bits per heavy atom. The maximum Gasteiger partial charge on any atom is 0.175 e. The van der Waals surface area contributed by atoms with Crippen LogP contribution in [0.2, 0.25) is 0 Å². The highest BCUT2D eigenvalue weighted by Crippen LogP contribution is 2.39. The molecule has 3 aromatic carbocycles. The second-order valence-electron chi connectivity index (χ2n) is 7.58. The normalized spacial score (nSPS) is 14.7. The standard InChI is InChI=1S/C22H17FO3S.C4H4OS/c1-27(24,25)19-11-9-15(10-12-19)22-20(16-6-4-7-18(23)13-16)14-17-5-2-3-8-21(17)26-22;6-4-1-2-5-3-4/h2-13H,14H2,1H3;1-2H,3H2. The maximum atomic E-state index is 13.8. The van der Waals surface area contributed by atoms with Crippen LogP contribution in [0.25, 0.3) is 11.3 Å². The van der Waals surface area contributed by atoms with Crippen molar-refractivity contribution in [3.63, 3.8) is 0 Å². The largest absolute Gasteiger partial charge is 0.496 e. The highest BCUT2D eigenvalue weighted by molar-refractivity contribution is 7.90. The zero-order chi connectivity index (χ0) is 23.4. The number of para-hydroxylation sites is 1. The summed E-state index contributed by atoms with van der Waals surface area (Å²) in [6.45, 7) is 0.606. The molecule has 0 N–H and O–H groups in total. The number of hydrogen-bond acceptors (Lipinski definition) is 5. The van der Waals surface area contributed by atoms with E-state index in [0.29, 0.717) is 18.8 Å². The molecule has 7 heteroatoms. The Kier molecular flexibility index (Phi) is 6.72. The van der Waals surface area contributed by atoms with Crippen LogP contribution in [0.15, 0.2) is 90.0 Å². The third-order valence-electron chi connectivity index (χ3n) is 5.12. The first-order chi connectivity index (χ1) is 15.8. The lowest BCUT2D eigenvalue weighted by atomic mass is 9.92. The molecule has 2 heterocycles. The van der Waals surface area contributed by atoms with E-state index in [9.17, 15) is 12.8 Å². The van der Waals surface area contributed by atoms with Gasteiger partial charge in [-0.15, -0.1) is 0 Å². The second-order valence-corrected chi connectivity index (χ2v) is 10.1. The van der Waals surface area contributed by atoms with Crippen LogP contribution in [-0.4, -0.2) is 26.1 Å². The number of sulfone groups is 1. The van der Waals surface area contributed by atoms with E-state index in [2.05, 4.69) is 0 Å². The van der Waals surface area contributed by atoms with E-state index in [1.54, 1.807) is 42.7 Å². The molecule has 0 aliphatic carbocycles. The lowest BCUT2D eigenvalue weighted by Gasteiger charge is -2.24. The molecule has 33 heavy (non-hydrogen) atoms. The number of allylic oxidation sites excluding steroid dienone is 1. The van der Waals surface area contributed by atoms with Crippen molar-refractivity contribution in [1.82, 2.24) is 0 Å². The van der Waals surface area contributed by atoms with Crippen molar-refractivity contribution in [3.8, 4) is 5.75 Å². The molecule has 0 spiro atoms. The van der Waals surface area contributed by atoms with Crippen LogP contribution in [-0.2, 0) is 21.0 Å². The minimum Gasteiger partial charge on any atom is -0.496 e. The van der Waals surface area contributed by atoms with Gasteiger partial charge in [0, 0.05) is 23.8 Å². The van der Waals surface area contributed by atoms with Crippen LogP contribution in [0.5, 0.6) is 5.75 Å². The van der Waals surface area contributed by atoms with Gasteiger partial charge >= 0.3 is 0 Å². The summed E-state index contributed by atoms with van der Waals surface area (Å²) in [7, 11) is -3.28. The van der Waals surface area contributed by atoms with Crippen LogP contribution < -0.4 is 4.74 Å². The van der Waals surface area contributed by atoms with Gasteiger partial charge in [-0.2, -0.15) is 0 Å². The number of halogens is 1. The van der Waals surface area contributed by atoms with Crippen molar-refractivity contribution in [2.45, 2.75) is 11.3 Å². The molecule has 0 unspecified atom stereocenters. The van der Waals surface area contributed by atoms with Crippen LogP contribution in [0.1, 0.15) is 16.7 Å². The van der Waals surface area contributed by atoms with Crippen LogP contribution in [0, 0.1) is 5.82 Å². The van der Waals surface area contributed by atoms with Crippen molar-refractivity contribution in [2.24, 2.45) is 0 Å². The summed E-state index contributed by atoms with van der Waals surface area (Å²) in [5, 5.41) is 0. The van der Waals surface area contributed by atoms with E-state index >= 15 is 0 Å². The number of ether oxygens (including phenoxy) is 2. The summed E-state index contributed by atoms with van der Waals surface area (Å²) < 4.78 is 48.1. The maximum absolute atomic E-state index is 13.8. The lowest BCUT2D eigenvalue weighted by molar-refractivity contribution is 0.317. The average Bonchev–Trinajstić information content (AvgIpc) is 3.29. The van der Waals surface area contributed by atoms with Gasteiger partial charge in [-0.05, 0) is 59.7 Å². The summed E-state index contributed by atoms with van der Waals surface area (Å²) in [6, 6.07) is 20.7. The van der Waals surface area contributed by atoms with E-state index in [1.165, 1.54) is 18.4 Å². The van der Waals surface area contributed by atoms with E-state index in [-0.39, 0.29) is 10.7 Å². The van der Waals surface area contributed by atoms with Gasteiger partial charge < -0.3 is 9.47 Å². The molecule has 5 rings (SSSR count). The number of thiocarbonyl (C=S) groups is 1. The molecule has 0 amide bonds. The van der Waals surface area contributed by atoms with E-state index in [1.807, 2.05) is 30.3 Å². The zero-order valence-corrected chi connectivity index (χ0v) is 19.5. The number of rotatable bonds is 3. The predicted molar refractivity (Wildman–Crippen MR) is 131 cm³/mol. The predicted octanol–water partition coefficient (Wildman–Crippen LogP) is 5.63. The quantitative estimate of drug-likeness (QED) is 0.455. The average molecular weight is 481 g/mol. The van der Waals surface area contributed by atoms with Gasteiger partial charge in [-0.1, -0.05) is 42.5 Å². The molecule has 0 aromatic heterocycles. The van der Waals surface area contributed by atoms with Crippen LogP contribution >= 0.6 is 12.2 Å². The Balaban J connectivity index is 0.000000376. The number of hydrogen-bond donors (Lipinski definition) is 0. The molecule has 0 saturated carbocycles. The third-order valence-corrected chi connectivity index (χ3v) is 6.50. The highest BCUT2D eigenvalue weighted by atomic mass is 32.2. The fourth-order valence-electron chi connectivity index (χ4n) is 3.49. The minimum atomic E-state index is -3.28. The smallest absolute Gasteiger partial charge is 0.175 e. The monoisotopic (exact) mass is 480 g/mol. The van der Waals surface area contributed by atoms with Gasteiger partial charge in [0.15, 0.2) is 9.84 Å². The fraction of sp³-hybridized carbons (Fsp3) is 0.115. The van der Waals surface area contributed by atoms with E-state index in [4.69, 9.17) is 21.7 Å². The van der Waals surface area contributed by atoms with Crippen LogP contribution in [0.3, 0.4) is 0 Å². The Morgan fingerprint density at radius 2 is 1.70 bits per heavy atom. The molecule has 0 atom stereocenters. The highest BCUT2D eigenvalue weighted by Gasteiger charge is 2.22. The molecule has 0 saturated heterocycles. The zero-order valence-electron chi connectivity index (χ0n) is 17.8. The summed E-state index contributed by atoms with van der Waals surface area (Å²) in [5.41, 5.74) is 3.37. The summed E-state index contributed by atoms with van der Waals surface area (Å²) in [4.78, 5) is 1.13. The minimum absolute atomic E-state index is 0.246. The van der Waals surface area contributed by atoms with E-state index < -0.39 is 9.84 Å². The van der Waals surface area contributed by atoms with Gasteiger partial charge in [-0.25, -0.2) is 12.8 Å². The van der Waals surface area contributed by atoms with Gasteiger partial charge in [0.2, 0.25) is 0 Å². The van der Waals surface area contributed by atoms with Crippen LogP contribution in [0.4, 0.5) is 4.39 Å². The van der Waals surface area contributed by atoms with Crippen molar-refractivity contribution < 1.29 is 22.3 Å². The number of fused-ring (bicyclic) bond motifs is 1. The summed E-state index contributed by atoms with van der Waals surface area (Å²) in [5.74, 6) is 1.05. The summed E-state index contributed by atoms with van der Waals surface area (Å²) in [6.07, 6.45) is 5.17. The Labute approximate surface area is 197 Å². The first-order valence-corrected chi connectivity index (χ1v) is 12.5. The van der Waals surface area contributed by atoms with Crippen molar-refractivity contribution in [2.75, 3.05) is 12.9 Å². The topological polar surface area (TPSA) is 52.6 Å². The summed E-state index contributed by atoms with van der Waals surface area (Å²) >= 11 is 4.71. The molecule has 168 valence electrons. The van der Waals surface area contributed by atoms with Crippen molar-refractivity contribution >= 4 is 38.3 Å². The Morgan fingerprint density at radius 1 is 0.939 bits per heavy atom. The molecular weight excluding hydrogens is 459 g/mol. The lowest BCUT2D eigenvalue weighted by Crippen LogP contribution is -2.09. The Hall–Kier alpha value is -3.29. The van der Waals surface area contributed by atoms with Gasteiger partial charge in [0.1, 0.15) is 23.9 Å². The molecule has 0 radical (unpaired) electrons. The third kappa shape index (κ3) is 5.56. The molecule has 0 fully saturated rings. The number of benzene rings is 3. The Bertz CT molecular complexity index is 1360. The second kappa shape index (κ2) is 9.68. The fourth-order valence-corrected chi connectivity index (χ4v) is 4.24. The molecule has 0 bridgehead atoms.